The van der Waals surface area contributed by atoms with Gasteiger partial charge in [-0.15, -0.1) is 0 Å². The molecule has 2 N–H and O–H groups in total. The first-order chi connectivity index (χ1) is 15.9. The van der Waals surface area contributed by atoms with Gasteiger partial charge in [0.15, 0.2) is 0 Å². The summed E-state index contributed by atoms with van der Waals surface area (Å²) in [6.45, 7) is 0.273. The summed E-state index contributed by atoms with van der Waals surface area (Å²) in [5.74, 6) is -0.515. The van der Waals surface area contributed by atoms with Gasteiger partial charge in [-0.1, -0.05) is 29.3 Å². The Morgan fingerprint density at radius 3 is 2.32 bits per heavy atom. The standard InChI is InChI=1S/C22H19Cl2N3O5S2/c1-33(29,30)26-20-12-15(3-9-19(20)24)22(28)25-17-6-2-14-10-11-27(21(14)13-17)34(31,32)18-7-4-16(23)5-8-18/h2-9,12-13,26H,10-11H2,1H3,(H,25,28). The number of carbonyl (C=O) groups is 1. The van der Waals surface area contributed by atoms with Crippen LogP contribution in [0.4, 0.5) is 17.1 Å². The van der Waals surface area contributed by atoms with Crippen LogP contribution in [0.2, 0.25) is 10.0 Å². The molecule has 0 saturated heterocycles. The van der Waals surface area contributed by atoms with Crippen LogP contribution in [-0.4, -0.2) is 35.5 Å². The van der Waals surface area contributed by atoms with Gasteiger partial charge >= 0.3 is 0 Å². The molecule has 4 rings (SSSR count). The maximum absolute atomic E-state index is 13.2. The maximum atomic E-state index is 13.2. The van der Waals surface area contributed by atoms with Gasteiger partial charge in [0.2, 0.25) is 10.0 Å². The minimum atomic E-state index is -3.81. The fourth-order valence-corrected chi connectivity index (χ4v) is 5.97. The molecule has 0 fully saturated rings. The number of benzene rings is 3. The van der Waals surface area contributed by atoms with E-state index in [4.69, 9.17) is 23.2 Å². The largest absolute Gasteiger partial charge is 0.322 e. The lowest BCUT2D eigenvalue weighted by molar-refractivity contribution is 0.102. The second kappa shape index (κ2) is 9.10. The normalized spacial score (nSPS) is 13.4. The van der Waals surface area contributed by atoms with Gasteiger partial charge in [-0.25, -0.2) is 16.8 Å². The van der Waals surface area contributed by atoms with E-state index in [9.17, 15) is 21.6 Å². The third kappa shape index (κ3) is 5.15. The zero-order valence-corrected chi connectivity index (χ0v) is 20.9. The minimum absolute atomic E-state index is 0.0750. The molecule has 34 heavy (non-hydrogen) atoms. The quantitative estimate of drug-likeness (QED) is 0.482. The van der Waals surface area contributed by atoms with Crippen LogP contribution in [-0.2, 0) is 26.5 Å². The van der Waals surface area contributed by atoms with Crippen molar-refractivity contribution in [2.24, 2.45) is 0 Å². The topological polar surface area (TPSA) is 113 Å². The maximum Gasteiger partial charge on any atom is 0.264 e. The Morgan fingerprint density at radius 2 is 1.65 bits per heavy atom. The number of hydrogen-bond donors (Lipinski definition) is 2. The van der Waals surface area contributed by atoms with Crippen LogP contribution in [0, 0.1) is 0 Å². The molecule has 8 nitrogen and oxygen atoms in total. The zero-order chi connectivity index (χ0) is 24.7. The predicted molar refractivity (Wildman–Crippen MR) is 134 cm³/mol. The van der Waals surface area contributed by atoms with E-state index in [1.165, 1.54) is 46.8 Å². The van der Waals surface area contributed by atoms with Gasteiger partial charge < -0.3 is 5.32 Å². The molecule has 0 saturated carbocycles. The van der Waals surface area contributed by atoms with Gasteiger partial charge in [-0.2, -0.15) is 0 Å². The number of nitrogens with one attached hydrogen (secondary N) is 2. The van der Waals surface area contributed by atoms with Gasteiger partial charge in [0.25, 0.3) is 15.9 Å². The van der Waals surface area contributed by atoms with Crippen molar-refractivity contribution in [1.82, 2.24) is 0 Å². The summed E-state index contributed by atoms with van der Waals surface area (Å²) in [7, 11) is -7.40. The van der Waals surface area contributed by atoms with Crippen molar-refractivity contribution in [3.05, 3.63) is 81.8 Å². The van der Waals surface area contributed by atoms with Crippen LogP contribution < -0.4 is 14.3 Å². The molecule has 0 aliphatic carbocycles. The van der Waals surface area contributed by atoms with Crippen molar-refractivity contribution >= 4 is 66.2 Å². The van der Waals surface area contributed by atoms with E-state index in [0.29, 0.717) is 22.8 Å². The van der Waals surface area contributed by atoms with Crippen LogP contribution in [0.3, 0.4) is 0 Å². The van der Waals surface area contributed by atoms with Crippen molar-refractivity contribution < 1.29 is 21.6 Å². The van der Waals surface area contributed by atoms with Crippen molar-refractivity contribution in [2.45, 2.75) is 11.3 Å². The molecule has 3 aromatic rings. The van der Waals surface area contributed by atoms with Gasteiger partial charge in [0.1, 0.15) is 0 Å². The van der Waals surface area contributed by atoms with Gasteiger partial charge in [0, 0.05) is 22.8 Å². The lowest BCUT2D eigenvalue weighted by Crippen LogP contribution is -2.29. The molecule has 0 spiro atoms. The molecule has 1 heterocycles. The third-order valence-electron chi connectivity index (χ3n) is 5.12. The molecule has 0 radical (unpaired) electrons. The molecule has 0 unspecified atom stereocenters. The van der Waals surface area contributed by atoms with Crippen LogP contribution in [0.25, 0.3) is 0 Å². The summed E-state index contributed by atoms with van der Waals surface area (Å²) < 4.78 is 53.0. The first kappa shape index (κ1) is 24.3. The number of anilines is 3. The molecule has 0 aromatic heterocycles. The lowest BCUT2D eigenvalue weighted by Gasteiger charge is -2.20. The number of fused-ring (bicyclic) bond motifs is 1. The number of nitrogens with zero attached hydrogens (tertiary/aromatic N) is 1. The van der Waals surface area contributed by atoms with E-state index in [0.717, 1.165) is 11.8 Å². The van der Waals surface area contributed by atoms with E-state index in [1.807, 2.05) is 0 Å². The molecule has 12 heteroatoms. The summed E-state index contributed by atoms with van der Waals surface area (Å²) in [4.78, 5) is 12.9. The van der Waals surface area contributed by atoms with Gasteiger partial charge in [-0.3, -0.25) is 13.8 Å². The Hall–Kier alpha value is -2.79. The first-order valence-electron chi connectivity index (χ1n) is 9.94. The molecule has 3 aromatic carbocycles. The second-order valence-corrected chi connectivity index (χ2v) is 12.1. The van der Waals surface area contributed by atoms with Crippen molar-refractivity contribution in [2.75, 3.05) is 27.1 Å². The molecule has 1 aliphatic heterocycles. The highest BCUT2D eigenvalue weighted by Crippen LogP contribution is 2.35. The lowest BCUT2D eigenvalue weighted by atomic mass is 10.1. The Labute approximate surface area is 207 Å². The third-order valence-corrected chi connectivity index (χ3v) is 8.12. The molecular weight excluding hydrogens is 521 g/mol. The van der Waals surface area contributed by atoms with Crippen LogP contribution in [0.1, 0.15) is 15.9 Å². The summed E-state index contributed by atoms with van der Waals surface area (Å²) >= 11 is 11.9. The van der Waals surface area contributed by atoms with Crippen molar-refractivity contribution in [3.63, 3.8) is 0 Å². The fraction of sp³-hybridized carbons (Fsp3) is 0.136. The molecule has 1 amide bonds. The molecule has 178 valence electrons. The monoisotopic (exact) mass is 539 g/mol. The van der Waals surface area contributed by atoms with Crippen molar-refractivity contribution in [1.29, 1.82) is 0 Å². The first-order valence-corrected chi connectivity index (χ1v) is 14.0. The second-order valence-electron chi connectivity index (χ2n) is 7.65. The number of hydrogen-bond acceptors (Lipinski definition) is 5. The summed E-state index contributed by atoms with van der Waals surface area (Å²) in [6.07, 6.45) is 1.51. The highest BCUT2D eigenvalue weighted by molar-refractivity contribution is 7.93. The summed E-state index contributed by atoms with van der Waals surface area (Å²) in [5, 5.41) is 3.29. The molecule has 0 atom stereocenters. The SMILES string of the molecule is CS(=O)(=O)Nc1cc(C(=O)Nc2ccc3c(c2)N(S(=O)(=O)c2ccc(Cl)cc2)CC3)ccc1Cl. The predicted octanol–water partition coefficient (Wildman–Crippen LogP) is 4.37. The molecule has 1 aliphatic rings. The average molecular weight is 540 g/mol. The van der Waals surface area contributed by atoms with E-state index >= 15 is 0 Å². The number of halogens is 2. The van der Waals surface area contributed by atoms with E-state index in [-0.39, 0.29) is 27.7 Å². The van der Waals surface area contributed by atoms with E-state index in [2.05, 4.69) is 10.0 Å². The highest BCUT2D eigenvalue weighted by Gasteiger charge is 2.31. The van der Waals surface area contributed by atoms with Crippen LogP contribution >= 0.6 is 23.2 Å². The Bertz CT molecular complexity index is 1490. The summed E-state index contributed by atoms with van der Waals surface area (Å²) in [6, 6.07) is 15.2. The van der Waals surface area contributed by atoms with Crippen LogP contribution in [0.15, 0.2) is 65.6 Å². The smallest absolute Gasteiger partial charge is 0.264 e. The number of rotatable bonds is 6. The average Bonchev–Trinajstić information content (AvgIpc) is 3.19. The molecular formula is C22H19Cl2N3O5S2. The Balaban J connectivity index is 1.60. The number of sulfonamides is 2. The van der Waals surface area contributed by atoms with Gasteiger partial charge in [-0.05, 0) is 66.6 Å². The van der Waals surface area contributed by atoms with Gasteiger partial charge in [0.05, 0.1) is 27.5 Å². The Morgan fingerprint density at radius 1 is 0.941 bits per heavy atom. The highest BCUT2D eigenvalue weighted by atomic mass is 35.5. The van der Waals surface area contributed by atoms with E-state index < -0.39 is 26.0 Å². The number of carbonyl (C=O) groups excluding carboxylic acids is 1. The zero-order valence-electron chi connectivity index (χ0n) is 17.7. The fourth-order valence-electron chi connectivity index (χ4n) is 3.56. The Kier molecular flexibility index (Phi) is 6.52. The summed E-state index contributed by atoms with van der Waals surface area (Å²) in [5.41, 5.74) is 1.94. The molecule has 0 bridgehead atoms. The van der Waals surface area contributed by atoms with Crippen LogP contribution in [0.5, 0.6) is 0 Å². The van der Waals surface area contributed by atoms with Crippen molar-refractivity contribution in [3.8, 4) is 0 Å². The number of amides is 1. The van der Waals surface area contributed by atoms with E-state index in [1.54, 1.807) is 18.2 Å². The minimum Gasteiger partial charge on any atom is -0.322 e.